The van der Waals surface area contributed by atoms with Crippen molar-refractivity contribution < 1.29 is 17.9 Å². The SMILES string of the molecule is Cc1cccc(C(=O)N(c2ccc(NS(C)(=O)=O)cc2)C2CCOCC2)c1. The molecule has 27 heavy (non-hydrogen) atoms. The van der Waals surface area contributed by atoms with Gasteiger partial charge in [0.05, 0.1) is 6.26 Å². The van der Waals surface area contributed by atoms with Gasteiger partial charge in [-0.2, -0.15) is 0 Å². The average Bonchev–Trinajstić information content (AvgIpc) is 2.63. The fraction of sp³-hybridized carbons (Fsp3) is 0.350. The van der Waals surface area contributed by atoms with E-state index in [2.05, 4.69) is 4.72 Å². The third-order valence-corrected chi connectivity index (χ3v) is 5.10. The number of carbonyl (C=O) groups is 1. The van der Waals surface area contributed by atoms with Gasteiger partial charge in [-0.3, -0.25) is 9.52 Å². The molecule has 0 aromatic heterocycles. The molecule has 1 heterocycles. The molecule has 2 aromatic carbocycles. The van der Waals surface area contributed by atoms with Gasteiger partial charge in [-0.1, -0.05) is 17.7 Å². The van der Waals surface area contributed by atoms with Gasteiger partial charge < -0.3 is 9.64 Å². The lowest BCUT2D eigenvalue weighted by atomic mass is 10.0. The minimum absolute atomic E-state index is 0.0421. The van der Waals surface area contributed by atoms with Crippen molar-refractivity contribution in [3.8, 4) is 0 Å². The van der Waals surface area contributed by atoms with Gasteiger partial charge in [-0.15, -0.1) is 0 Å². The quantitative estimate of drug-likeness (QED) is 0.853. The summed E-state index contributed by atoms with van der Waals surface area (Å²) in [5, 5.41) is 0. The van der Waals surface area contributed by atoms with E-state index in [-0.39, 0.29) is 11.9 Å². The van der Waals surface area contributed by atoms with Crippen molar-refractivity contribution in [2.24, 2.45) is 0 Å². The standard InChI is InChI=1S/C20H24N2O4S/c1-15-4-3-5-16(14-15)20(23)22(19-10-12-26-13-11-19)18-8-6-17(7-9-18)21-27(2,24)25/h3-9,14,19,21H,10-13H2,1-2H3. The first kappa shape index (κ1) is 19.4. The van der Waals surface area contributed by atoms with Crippen molar-refractivity contribution in [2.45, 2.75) is 25.8 Å². The Morgan fingerprint density at radius 3 is 2.37 bits per heavy atom. The van der Waals surface area contributed by atoms with Gasteiger partial charge in [0.2, 0.25) is 10.0 Å². The van der Waals surface area contributed by atoms with Crippen LogP contribution in [0, 0.1) is 6.92 Å². The Morgan fingerprint density at radius 1 is 1.11 bits per heavy atom. The second-order valence-electron chi connectivity index (χ2n) is 6.81. The Bertz CT molecular complexity index is 904. The maximum atomic E-state index is 13.3. The summed E-state index contributed by atoms with van der Waals surface area (Å²) in [7, 11) is -3.34. The van der Waals surface area contributed by atoms with Crippen molar-refractivity contribution in [3.63, 3.8) is 0 Å². The van der Waals surface area contributed by atoms with E-state index in [1.54, 1.807) is 24.3 Å². The van der Waals surface area contributed by atoms with Crippen LogP contribution in [0.15, 0.2) is 48.5 Å². The van der Waals surface area contributed by atoms with Gasteiger partial charge in [0.25, 0.3) is 5.91 Å². The van der Waals surface area contributed by atoms with Crippen molar-refractivity contribution in [1.82, 2.24) is 0 Å². The third kappa shape index (κ3) is 5.08. The number of ether oxygens (including phenoxy) is 1. The third-order valence-electron chi connectivity index (χ3n) is 4.49. The molecule has 0 aliphatic carbocycles. The van der Waals surface area contributed by atoms with E-state index in [4.69, 9.17) is 4.74 Å². The molecule has 1 aliphatic heterocycles. The van der Waals surface area contributed by atoms with Crippen LogP contribution >= 0.6 is 0 Å². The molecule has 0 spiro atoms. The molecule has 2 aromatic rings. The highest BCUT2D eigenvalue weighted by molar-refractivity contribution is 7.92. The second kappa shape index (κ2) is 8.10. The van der Waals surface area contributed by atoms with Gasteiger partial charge >= 0.3 is 0 Å². The highest BCUT2D eigenvalue weighted by atomic mass is 32.2. The fourth-order valence-corrected chi connectivity index (χ4v) is 3.82. The number of benzene rings is 2. The van der Waals surface area contributed by atoms with Crippen LogP contribution in [0.4, 0.5) is 11.4 Å². The van der Waals surface area contributed by atoms with E-state index < -0.39 is 10.0 Å². The van der Waals surface area contributed by atoms with Gasteiger partial charge in [0.1, 0.15) is 0 Å². The fourth-order valence-electron chi connectivity index (χ4n) is 3.26. The van der Waals surface area contributed by atoms with E-state index in [0.717, 1.165) is 30.3 Å². The number of rotatable bonds is 5. The number of nitrogens with one attached hydrogen (secondary N) is 1. The van der Waals surface area contributed by atoms with Crippen LogP contribution in [0.2, 0.25) is 0 Å². The van der Waals surface area contributed by atoms with Crippen molar-refractivity contribution >= 4 is 27.3 Å². The Hall–Kier alpha value is -2.38. The molecule has 0 saturated carbocycles. The summed E-state index contributed by atoms with van der Waals surface area (Å²) < 4.78 is 30.7. The smallest absolute Gasteiger partial charge is 0.258 e. The zero-order valence-corrected chi connectivity index (χ0v) is 16.3. The molecule has 0 radical (unpaired) electrons. The molecule has 1 saturated heterocycles. The number of anilines is 2. The second-order valence-corrected chi connectivity index (χ2v) is 8.56. The molecule has 6 nitrogen and oxygen atoms in total. The van der Waals surface area contributed by atoms with E-state index in [1.807, 2.05) is 36.1 Å². The molecule has 1 amide bonds. The topological polar surface area (TPSA) is 75.7 Å². The summed E-state index contributed by atoms with van der Waals surface area (Å²) in [5.74, 6) is -0.0607. The summed E-state index contributed by atoms with van der Waals surface area (Å²) in [4.78, 5) is 15.1. The Balaban J connectivity index is 1.93. The zero-order chi connectivity index (χ0) is 19.4. The molecule has 0 bridgehead atoms. The lowest BCUT2D eigenvalue weighted by Gasteiger charge is -2.34. The van der Waals surface area contributed by atoms with Crippen LogP contribution in [0.5, 0.6) is 0 Å². The van der Waals surface area contributed by atoms with Crippen LogP contribution in [0.25, 0.3) is 0 Å². The number of hydrogen-bond acceptors (Lipinski definition) is 4. The van der Waals surface area contributed by atoms with Crippen molar-refractivity contribution in [3.05, 3.63) is 59.7 Å². The number of sulfonamides is 1. The number of amides is 1. The molecular formula is C20H24N2O4S. The van der Waals surface area contributed by atoms with E-state index in [9.17, 15) is 13.2 Å². The van der Waals surface area contributed by atoms with E-state index in [1.165, 1.54) is 0 Å². The molecule has 1 N–H and O–H groups in total. The molecule has 7 heteroatoms. The summed E-state index contributed by atoms with van der Waals surface area (Å²) in [5.41, 5.74) is 2.88. The number of aryl methyl sites for hydroxylation is 1. The van der Waals surface area contributed by atoms with Crippen LogP contribution in [0.1, 0.15) is 28.8 Å². The number of nitrogens with zero attached hydrogens (tertiary/aromatic N) is 1. The molecule has 3 rings (SSSR count). The van der Waals surface area contributed by atoms with Crippen LogP contribution in [-0.2, 0) is 14.8 Å². The maximum absolute atomic E-state index is 13.3. The van der Waals surface area contributed by atoms with Crippen molar-refractivity contribution in [2.75, 3.05) is 29.1 Å². The number of carbonyl (C=O) groups excluding carboxylic acids is 1. The van der Waals surface area contributed by atoms with Gasteiger partial charge in [0, 0.05) is 36.2 Å². The summed E-state index contributed by atoms with van der Waals surface area (Å²) in [6.45, 7) is 3.20. The average molecular weight is 388 g/mol. The Kier molecular flexibility index (Phi) is 5.82. The Labute approximate surface area is 160 Å². The first-order valence-corrected chi connectivity index (χ1v) is 10.8. The summed E-state index contributed by atoms with van der Waals surface area (Å²) in [6.07, 6.45) is 2.64. The Morgan fingerprint density at radius 2 is 1.78 bits per heavy atom. The maximum Gasteiger partial charge on any atom is 0.258 e. The predicted molar refractivity (Wildman–Crippen MR) is 107 cm³/mol. The largest absolute Gasteiger partial charge is 0.381 e. The summed E-state index contributed by atoms with van der Waals surface area (Å²) >= 11 is 0. The minimum atomic E-state index is -3.34. The molecular weight excluding hydrogens is 364 g/mol. The molecule has 0 atom stereocenters. The van der Waals surface area contributed by atoms with E-state index in [0.29, 0.717) is 24.5 Å². The van der Waals surface area contributed by atoms with Gasteiger partial charge in [-0.25, -0.2) is 8.42 Å². The lowest BCUT2D eigenvalue weighted by Crippen LogP contribution is -2.43. The number of hydrogen-bond donors (Lipinski definition) is 1. The minimum Gasteiger partial charge on any atom is -0.381 e. The van der Waals surface area contributed by atoms with Gasteiger partial charge in [-0.05, 0) is 56.2 Å². The van der Waals surface area contributed by atoms with Crippen LogP contribution in [0.3, 0.4) is 0 Å². The zero-order valence-electron chi connectivity index (χ0n) is 15.5. The van der Waals surface area contributed by atoms with Crippen LogP contribution < -0.4 is 9.62 Å². The molecule has 144 valence electrons. The van der Waals surface area contributed by atoms with Gasteiger partial charge in [0.15, 0.2) is 0 Å². The highest BCUT2D eigenvalue weighted by Crippen LogP contribution is 2.27. The van der Waals surface area contributed by atoms with Crippen molar-refractivity contribution in [1.29, 1.82) is 0 Å². The highest BCUT2D eigenvalue weighted by Gasteiger charge is 2.28. The molecule has 0 unspecified atom stereocenters. The summed E-state index contributed by atoms with van der Waals surface area (Å²) in [6, 6.07) is 14.5. The first-order chi connectivity index (χ1) is 12.8. The normalized spacial score (nSPS) is 15.3. The lowest BCUT2D eigenvalue weighted by molar-refractivity contribution is 0.0772. The van der Waals surface area contributed by atoms with Crippen LogP contribution in [-0.4, -0.2) is 39.8 Å². The molecule has 1 aliphatic rings. The monoisotopic (exact) mass is 388 g/mol. The molecule has 1 fully saturated rings. The first-order valence-electron chi connectivity index (χ1n) is 8.89. The van der Waals surface area contributed by atoms with E-state index >= 15 is 0 Å². The predicted octanol–water partition coefficient (Wildman–Crippen LogP) is 3.19.